The molecule has 3 rings (SSSR count). The number of likely N-dealkylation sites (tertiary alicyclic amines) is 2. The molecule has 0 bridgehead atoms. The SMILES string of the molecule is COc1ccc(C(=O)N2CCC[C@H](N3[C@H](C)CC[C@H]3C)C2)c(OC)c1OC. The molecule has 2 aliphatic rings. The number of ether oxygens (including phenoxy) is 3. The lowest BCUT2D eigenvalue weighted by atomic mass is 10.0. The second-order valence-corrected chi connectivity index (χ2v) is 7.65. The summed E-state index contributed by atoms with van der Waals surface area (Å²) in [6.45, 7) is 6.16. The average molecular weight is 376 g/mol. The molecule has 2 saturated heterocycles. The standard InChI is InChI=1S/C21H32N2O4/c1-14-8-9-15(2)23(14)16-7-6-12-22(13-16)21(24)17-10-11-18(25-3)20(27-5)19(17)26-4/h10-11,14-16H,6-9,12-13H2,1-5H3/t14-,15-,16+/m1/s1. The minimum Gasteiger partial charge on any atom is -0.493 e. The van der Waals surface area contributed by atoms with E-state index in [2.05, 4.69) is 18.7 Å². The maximum absolute atomic E-state index is 13.3. The van der Waals surface area contributed by atoms with Crippen LogP contribution >= 0.6 is 0 Å². The quantitative estimate of drug-likeness (QED) is 0.790. The number of hydrogen-bond donors (Lipinski definition) is 0. The Balaban J connectivity index is 1.83. The van der Waals surface area contributed by atoms with E-state index in [1.807, 2.05) is 4.90 Å². The van der Waals surface area contributed by atoms with Crippen molar-refractivity contribution in [1.29, 1.82) is 0 Å². The van der Waals surface area contributed by atoms with Gasteiger partial charge in [0.2, 0.25) is 5.75 Å². The molecule has 27 heavy (non-hydrogen) atoms. The van der Waals surface area contributed by atoms with Gasteiger partial charge in [-0.1, -0.05) is 0 Å². The summed E-state index contributed by atoms with van der Waals surface area (Å²) in [5.41, 5.74) is 0.526. The third-order valence-electron chi connectivity index (χ3n) is 6.06. The zero-order valence-electron chi connectivity index (χ0n) is 17.2. The molecule has 0 aromatic heterocycles. The van der Waals surface area contributed by atoms with Crippen LogP contribution in [0.4, 0.5) is 0 Å². The Hall–Kier alpha value is -1.95. The number of benzene rings is 1. The van der Waals surface area contributed by atoms with E-state index < -0.39 is 0 Å². The summed E-state index contributed by atoms with van der Waals surface area (Å²) in [4.78, 5) is 17.9. The number of carbonyl (C=O) groups is 1. The van der Waals surface area contributed by atoms with Gasteiger partial charge in [0.15, 0.2) is 11.5 Å². The van der Waals surface area contributed by atoms with E-state index in [1.54, 1.807) is 33.5 Å². The van der Waals surface area contributed by atoms with E-state index >= 15 is 0 Å². The van der Waals surface area contributed by atoms with Gasteiger partial charge in [-0.05, 0) is 51.7 Å². The van der Waals surface area contributed by atoms with Gasteiger partial charge in [-0.25, -0.2) is 0 Å². The number of rotatable bonds is 5. The van der Waals surface area contributed by atoms with Crippen molar-refractivity contribution in [1.82, 2.24) is 9.80 Å². The van der Waals surface area contributed by atoms with Gasteiger partial charge >= 0.3 is 0 Å². The average Bonchev–Trinajstić information content (AvgIpc) is 3.04. The zero-order valence-corrected chi connectivity index (χ0v) is 17.2. The van der Waals surface area contributed by atoms with Gasteiger partial charge in [0.1, 0.15) is 0 Å². The summed E-state index contributed by atoms with van der Waals surface area (Å²) in [7, 11) is 4.69. The molecule has 0 radical (unpaired) electrons. The van der Waals surface area contributed by atoms with Gasteiger partial charge in [-0.3, -0.25) is 9.69 Å². The third-order valence-corrected chi connectivity index (χ3v) is 6.06. The van der Waals surface area contributed by atoms with Gasteiger partial charge < -0.3 is 19.1 Å². The van der Waals surface area contributed by atoms with Crippen LogP contribution in [0.25, 0.3) is 0 Å². The van der Waals surface area contributed by atoms with Gasteiger partial charge in [0.05, 0.1) is 26.9 Å². The van der Waals surface area contributed by atoms with Crippen molar-refractivity contribution in [2.24, 2.45) is 0 Å². The molecule has 0 N–H and O–H groups in total. The minimum atomic E-state index is -0.00277. The highest BCUT2D eigenvalue weighted by atomic mass is 16.5. The molecule has 1 aromatic carbocycles. The summed E-state index contributed by atoms with van der Waals surface area (Å²) < 4.78 is 16.3. The molecule has 0 aliphatic carbocycles. The zero-order chi connectivity index (χ0) is 19.6. The first-order chi connectivity index (χ1) is 13.0. The van der Waals surface area contributed by atoms with Crippen LogP contribution < -0.4 is 14.2 Å². The Morgan fingerprint density at radius 1 is 0.963 bits per heavy atom. The molecular formula is C21H32N2O4. The van der Waals surface area contributed by atoms with Crippen LogP contribution in [0.2, 0.25) is 0 Å². The van der Waals surface area contributed by atoms with Crippen LogP contribution in [0.1, 0.15) is 49.9 Å². The van der Waals surface area contributed by atoms with E-state index in [9.17, 15) is 4.79 Å². The molecule has 0 unspecified atom stereocenters. The van der Waals surface area contributed by atoms with E-state index in [0.29, 0.717) is 40.9 Å². The molecule has 6 heteroatoms. The normalized spacial score (nSPS) is 26.1. The van der Waals surface area contributed by atoms with Crippen LogP contribution in [0.5, 0.6) is 17.2 Å². The summed E-state index contributed by atoms with van der Waals surface area (Å²) in [5, 5.41) is 0. The fourth-order valence-electron chi connectivity index (χ4n) is 4.76. The Morgan fingerprint density at radius 3 is 2.22 bits per heavy atom. The van der Waals surface area contributed by atoms with Gasteiger partial charge in [-0.2, -0.15) is 0 Å². The van der Waals surface area contributed by atoms with E-state index in [-0.39, 0.29) is 5.91 Å². The monoisotopic (exact) mass is 376 g/mol. The van der Waals surface area contributed by atoms with E-state index in [0.717, 1.165) is 25.9 Å². The largest absolute Gasteiger partial charge is 0.493 e. The summed E-state index contributed by atoms with van der Waals surface area (Å²) >= 11 is 0. The number of hydrogen-bond acceptors (Lipinski definition) is 5. The highest BCUT2D eigenvalue weighted by molar-refractivity contribution is 5.98. The second-order valence-electron chi connectivity index (χ2n) is 7.65. The predicted molar refractivity (Wildman–Crippen MR) is 105 cm³/mol. The van der Waals surface area contributed by atoms with Crippen molar-refractivity contribution in [2.75, 3.05) is 34.4 Å². The molecular weight excluding hydrogens is 344 g/mol. The molecule has 150 valence electrons. The van der Waals surface area contributed by atoms with Crippen LogP contribution in [-0.2, 0) is 0 Å². The lowest BCUT2D eigenvalue weighted by molar-refractivity contribution is 0.0484. The lowest BCUT2D eigenvalue weighted by Crippen LogP contribution is -2.52. The summed E-state index contributed by atoms with van der Waals surface area (Å²) in [5.74, 6) is 1.45. The predicted octanol–water partition coefficient (Wildman–Crippen LogP) is 3.19. The van der Waals surface area contributed by atoms with E-state index in [4.69, 9.17) is 14.2 Å². The van der Waals surface area contributed by atoms with Crippen molar-refractivity contribution < 1.29 is 19.0 Å². The molecule has 2 aliphatic heterocycles. The van der Waals surface area contributed by atoms with Crippen LogP contribution in [0.15, 0.2) is 12.1 Å². The first-order valence-corrected chi connectivity index (χ1v) is 9.87. The molecule has 2 fully saturated rings. The number of methoxy groups -OCH3 is 3. The number of piperidine rings is 1. The maximum atomic E-state index is 13.3. The van der Waals surface area contributed by atoms with Crippen molar-refractivity contribution in [3.63, 3.8) is 0 Å². The highest BCUT2D eigenvalue weighted by Gasteiger charge is 2.37. The smallest absolute Gasteiger partial charge is 0.257 e. The van der Waals surface area contributed by atoms with Crippen molar-refractivity contribution in [3.05, 3.63) is 17.7 Å². The lowest BCUT2D eigenvalue weighted by Gasteiger charge is -2.41. The molecule has 0 saturated carbocycles. The fourth-order valence-corrected chi connectivity index (χ4v) is 4.76. The Bertz CT molecular complexity index is 668. The molecule has 3 atom stereocenters. The van der Waals surface area contributed by atoms with Crippen LogP contribution in [0, 0.1) is 0 Å². The van der Waals surface area contributed by atoms with Gasteiger partial charge in [0, 0.05) is 31.2 Å². The molecule has 2 heterocycles. The first-order valence-electron chi connectivity index (χ1n) is 9.87. The van der Waals surface area contributed by atoms with Gasteiger partial charge in [-0.15, -0.1) is 0 Å². The molecule has 0 spiro atoms. The maximum Gasteiger partial charge on any atom is 0.257 e. The number of nitrogens with zero attached hydrogens (tertiary/aromatic N) is 2. The Labute approximate surface area is 162 Å². The van der Waals surface area contributed by atoms with E-state index in [1.165, 1.54) is 12.8 Å². The highest BCUT2D eigenvalue weighted by Crippen LogP contribution is 2.40. The number of amides is 1. The van der Waals surface area contributed by atoms with Gasteiger partial charge in [0.25, 0.3) is 5.91 Å². The van der Waals surface area contributed by atoms with Crippen molar-refractivity contribution >= 4 is 5.91 Å². The Kier molecular flexibility index (Phi) is 6.15. The minimum absolute atomic E-state index is 0.00277. The molecule has 6 nitrogen and oxygen atoms in total. The Morgan fingerprint density at radius 2 is 1.63 bits per heavy atom. The summed E-state index contributed by atoms with van der Waals surface area (Å²) in [6, 6.07) is 5.15. The second kappa shape index (κ2) is 8.38. The topological polar surface area (TPSA) is 51.2 Å². The third kappa shape index (κ3) is 3.72. The van der Waals surface area contributed by atoms with Crippen LogP contribution in [0.3, 0.4) is 0 Å². The van der Waals surface area contributed by atoms with Crippen molar-refractivity contribution in [3.8, 4) is 17.2 Å². The fraction of sp³-hybridized carbons (Fsp3) is 0.667. The summed E-state index contributed by atoms with van der Waals surface area (Å²) in [6.07, 6.45) is 4.67. The number of carbonyl (C=O) groups excluding carboxylic acids is 1. The molecule has 1 aromatic rings. The van der Waals surface area contributed by atoms with Crippen LogP contribution in [-0.4, -0.2) is 68.3 Å². The first kappa shape index (κ1) is 19.8. The van der Waals surface area contributed by atoms with Crippen molar-refractivity contribution in [2.45, 2.75) is 57.7 Å². The molecule has 1 amide bonds.